The average molecular weight is 297 g/mol. The van der Waals surface area contributed by atoms with Gasteiger partial charge in [0.05, 0.1) is 12.3 Å². The fraction of sp³-hybridized carbons (Fsp3) is 0.167. The summed E-state index contributed by atoms with van der Waals surface area (Å²) in [6, 6.07) is 3.32. The average Bonchev–Trinajstić information content (AvgIpc) is 2.29. The summed E-state index contributed by atoms with van der Waals surface area (Å²) in [4.78, 5) is 7.63. The number of rotatable bonds is 3. The first-order valence-corrected chi connectivity index (χ1v) is 5.83. The molecule has 0 saturated carbocycles. The highest BCUT2D eigenvalue weighted by molar-refractivity contribution is 9.10. The van der Waals surface area contributed by atoms with E-state index in [1.165, 1.54) is 12.3 Å². The van der Waals surface area contributed by atoms with Crippen molar-refractivity contribution in [3.8, 4) is 0 Å². The Morgan fingerprint density at radius 2 is 2.12 bits per heavy atom. The van der Waals surface area contributed by atoms with Crippen LogP contribution < -0.4 is 0 Å². The highest BCUT2D eigenvalue weighted by atomic mass is 79.9. The van der Waals surface area contributed by atoms with E-state index in [2.05, 4.69) is 25.9 Å². The molecule has 0 aliphatic carbocycles. The third-order valence-electron chi connectivity index (χ3n) is 2.35. The van der Waals surface area contributed by atoms with Gasteiger partial charge in [-0.2, -0.15) is 0 Å². The van der Waals surface area contributed by atoms with Crippen LogP contribution in [0.5, 0.6) is 0 Å². The number of halogens is 2. The maximum atomic E-state index is 13.4. The van der Waals surface area contributed by atoms with E-state index in [1.54, 1.807) is 12.4 Å². The first-order chi connectivity index (χ1) is 8.16. The highest BCUT2D eigenvalue weighted by Crippen LogP contribution is 2.21. The van der Waals surface area contributed by atoms with Gasteiger partial charge in [-0.25, -0.2) is 4.39 Å². The lowest BCUT2D eigenvalue weighted by Crippen LogP contribution is -2.05. The molecule has 3 nitrogen and oxygen atoms in total. The van der Waals surface area contributed by atoms with Crippen LogP contribution in [0.4, 0.5) is 4.39 Å². The Morgan fingerprint density at radius 1 is 1.29 bits per heavy atom. The van der Waals surface area contributed by atoms with Gasteiger partial charge < -0.3 is 5.11 Å². The highest BCUT2D eigenvalue weighted by Gasteiger charge is 2.13. The third kappa shape index (κ3) is 3.08. The van der Waals surface area contributed by atoms with Crippen molar-refractivity contribution >= 4 is 15.9 Å². The van der Waals surface area contributed by atoms with Crippen molar-refractivity contribution in [2.75, 3.05) is 0 Å². The smallest absolute Gasteiger partial charge is 0.147 e. The molecule has 0 spiro atoms. The molecule has 1 N–H and O–H groups in total. The van der Waals surface area contributed by atoms with Gasteiger partial charge in [-0.15, -0.1) is 0 Å². The van der Waals surface area contributed by atoms with Gasteiger partial charge in [0.15, 0.2) is 0 Å². The summed E-state index contributed by atoms with van der Waals surface area (Å²) in [5, 5.41) is 9.93. The Balaban J connectivity index is 2.17. The zero-order valence-electron chi connectivity index (χ0n) is 8.85. The predicted octanol–water partition coefficient (Wildman–Crippen LogP) is 2.65. The van der Waals surface area contributed by atoms with Crippen LogP contribution in [0.25, 0.3) is 0 Å². The molecule has 2 aromatic rings. The SMILES string of the molecule is OC(Cc1cncc(Br)c1)c1ccncc1F. The van der Waals surface area contributed by atoms with Crippen molar-refractivity contribution in [3.63, 3.8) is 0 Å². The van der Waals surface area contributed by atoms with Gasteiger partial charge in [0.25, 0.3) is 0 Å². The fourth-order valence-corrected chi connectivity index (χ4v) is 1.97. The van der Waals surface area contributed by atoms with Gasteiger partial charge in [0.1, 0.15) is 5.82 Å². The summed E-state index contributed by atoms with van der Waals surface area (Å²) >= 11 is 3.29. The van der Waals surface area contributed by atoms with Crippen LogP contribution in [-0.4, -0.2) is 15.1 Å². The van der Waals surface area contributed by atoms with Crippen molar-refractivity contribution in [3.05, 3.63) is 58.3 Å². The van der Waals surface area contributed by atoms with Crippen LogP contribution in [0.3, 0.4) is 0 Å². The Kier molecular flexibility index (Phi) is 3.81. The molecule has 1 unspecified atom stereocenters. The number of nitrogens with zero attached hydrogens (tertiary/aromatic N) is 2. The lowest BCUT2D eigenvalue weighted by atomic mass is 10.0. The van der Waals surface area contributed by atoms with Gasteiger partial charge in [-0.3, -0.25) is 9.97 Å². The van der Waals surface area contributed by atoms with Crippen molar-refractivity contribution < 1.29 is 9.50 Å². The van der Waals surface area contributed by atoms with Gasteiger partial charge in [0.2, 0.25) is 0 Å². The Labute approximate surface area is 106 Å². The Bertz CT molecular complexity index is 521. The van der Waals surface area contributed by atoms with E-state index in [0.29, 0.717) is 6.42 Å². The largest absolute Gasteiger partial charge is 0.388 e. The molecular formula is C12H10BrFN2O. The molecule has 88 valence electrons. The first kappa shape index (κ1) is 12.1. The number of hydrogen-bond donors (Lipinski definition) is 1. The number of aliphatic hydroxyl groups is 1. The van der Waals surface area contributed by atoms with E-state index >= 15 is 0 Å². The van der Waals surface area contributed by atoms with Gasteiger partial charge in [-0.1, -0.05) is 0 Å². The van der Waals surface area contributed by atoms with E-state index in [0.717, 1.165) is 16.2 Å². The maximum absolute atomic E-state index is 13.4. The van der Waals surface area contributed by atoms with Crippen LogP contribution in [0.15, 0.2) is 41.4 Å². The van der Waals surface area contributed by atoms with Crippen molar-refractivity contribution in [1.29, 1.82) is 0 Å². The standard InChI is InChI=1S/C12H10BrFN2O/c13-9-3-8(5-16-6-9)4-12(17)10-1-2-15-7-11(10)14/h1-3,5-7,12,17H,4H2. The van der Waals surface area contributed by atoms with Gasteiger partial charge in [-0.05, 0) is 33.6 Å². The minimum atomic E-state index is -0.894. The van der Waals surface area contributed by atoms with Crippen LogP contribution in [0.1, 0.15) is 17.2 Å². The molecule has 2 heterocycles. The molecule has 5 heteroatoms. The lowest BCUT2D eigenvalue weighted by molar-refractivity contribution is 0.173. The number of aromatic nitrogens is 2. The molecule has 0 aliphatic rings. The molecule has 0 saturated heterocycles. The molecule has 2 aromatic heterocycles. The summed E-state index contributed by atoms with van der Waals surface area (Å²) in [7, 11) is 0. The van der Waals surface area contributed by atoms with Crippen LogP contribution in [-0.2, 0) is 6.42 Å². The van der Waals surface area contributed by atoms with Gasteiger partial charge in [0, 0.05) is 35.0 Å². The maximum Gasteiger partial charge on any atom is 0.147 e. The zero-order valence-corrected chi connectivity index (χ0v) is 10.4. The van der Waals surface area contributed by atoms with E-state index in [4.69, 9.17) is 0 Å². The minimum absolute atomic E-state index is 0.250. The van der Waals surface area contributed by atoms with E-state index in [9.17, 15) is 9.50 Å². The molecule has 0 aliphatic heterocycles. The predicted molar refractivity (Wildman–Crippen MR) is 64.8 cm³/mol. The first-order valence-electron chi connectivity index (χ1n) is 5.03. The summed E-state index contributed by atoms with van der Waals surface area (Å²) in [6.07, 6.45) is 5.27. The lowest BCUT2D eigenvalue weighted by Gasteiger charge is -2.11. The van der Waals surface area contributed by atoms with Crippen molar-refractivity contribution in [1.82, 2.24) is 9.97 Å². The number of hydrogen-bond acceptors (Lipinski definition) is 3. The molecule has 0 amide bonds. The molecule has 0 fully saturated rings. The summed E-state index contributed by atoms with van der Waals surface area (Å²) < 4.78 is 14.2. The van der Waals surface area contributed by atoms with Crippen LogP contribution in [0, 0.1) is 5.82 Å². The van der Waals surface area contributed by atoms with E-state index in [-0.39, 0.29) is 5.56 Å². The fourth-order valence-electron chi connectivity index (χ4n) is 1.56. The summed E-state index contributed by atoms with van der Waals surface area (Å²) in [5.41, 5.74) is 1.09. The van der Waals surface area contributed by atoms with Crippen molar-refractivity contribution in [2.45, 2.75) is 12.5 Å². The second kappa shape index (κ2) is 5.33. The van der Waals surface area contributed by atoms with Crippen LogP contribution >= 0.6 is 15.9 Å². The van der Waals surface area contributed by atoms with E-state index < -0.39 is 11.9 Å². The Morgan fingerprint density at radius 3 is 2.82 bits per heavy atom. The number of aliphatic hydroxyl groups excluding tert-OH is 1. The second-order valence-electron chi connectivity index (χ2n) is 3.63. The van der Waals surface area contributed by atoms with Gasteiger partial charge >= 0.3 is 0 Å². The Hall–Kier alpha value is -1.33. The monoisotopic (exact) mass is 296 g/mol. The molecular weight excluding hydrogens is 287 g/mol. The molecule has 17 heavy (non-hydrogen) atoms. The molecule has 0 aromatic carbocycles. The summed E-state index contributed by atoms with van der Waals surface area (Å²) in [5.74, 6) is -0.497. The molecule has 0 radical (unpaired) electrons. The zero-order chi connectivity index (χ0) is 12.3. The summed E-state index contributed by atoms with van der Waals surface area (Å²) in [6.45, 7) is 0. The minimum Gasteiger partial charge on any atom is -0.388 e. The number of pyridine rings is 2. The van der Waals surface area contributed by atoms with Crippen molar-refractivity contribution in [2.24, 2.45) is 0 Å². The topological polar surface area (TPSA) is 46.0 Å². The normalized spacial score (nSPS) is 12.4. The molecule has 2 rings (SSSR count). The third-order valence-corrected chi connectivity index (χ3v) is 2.79. The quantitative estimate of drug-likeness (QED) is 0.947. The van der Waals surface area contributed by atoms with Crippen LogP contribution in [0.2, 0.25) is 0 Å². The van der Waals surface area contributed by atoms with E-state index in [1.807, 2.05) is 6.07 Å². The second-order valence-corrected chi connectivity index (χ2v) is 4.54. The molecule has 0 bridgehead atoms. The molecule has 1 atom stereocenters.